The van der Waals surface area contributed by atoms with Crippen molar-refractivity contribution in [3.05, 3.63) is 18.2 Å². The van der Waals surface area contributed by atoms with Gasteiger partial charge < -0.3 is 14.2 Å². The second-order valence-electron chi connectivity index (χ2n) is 4.82. The van der Waals surface area contributed by atoms with Crippen molar-refractivity contribution in [2.24, 2.45) is 7.05 Å². The molecule has 0 aromatic carbocycles. The predicted octanol–water partition coefficient (Wildman–Crippen LogP) is 0.990. The van der Waals surface area contributed by atoms with E-state index < -0.39 is 0 Å². The molecule has 100 valence electrons. The Balaban J connectivity index is 1.72. The van der Waals surface area contributed by atoms with Crippen LogP contribution in [0.4, 0.5) is 0 Å². The number of carbonyl (C=O) groups excluding carboxylic acids is 1. The third-order valence-electron chi connectivity index (χ3n) is 3.40. The van der Waals surface area contributed by atoms with Crippen molar-refractivity contribution in [1.29, 1.82) is 0 Å². The average molecular weight is 251 g/mol. The number of ether oxygens (including phenoxy) is 1. The first-order valence-corrected chi connectivity index (χ1v) is 6.51. The molecule has 0 radical (unpaired) electrons. The monoisotopic (exact) mass is 251 g/mol. The molecule has 1 aliphatic heterocycles. The second-order valence-corrected chi connectivity index (χ2v) is 4.82. The molecule has 2 rings (SSSR count). The second kappa shape index (κ2) is 6.00. The van der Waals surface area contributed by atoms with Crippen LogP contribution in [0, 0.1) is 0 Å². The molecule has 1 unspecified atom stereocenters. The van der Waals surface area contributed by atoms with Crippen LogP contribution in [0.2, 0.25) is 0 Å². The molecule has 1 amide bonds. The van der Waals surface area contributed by atoms with Crippen LogP contribution in [-0.2, 0) is 23.0 Å². The van der Waals surface area contributed by atoms with Crippen molar-refractivity contribution in [2.45, 2.75) is 31.8 Å². The molecule has 0 saturated carbocycles. The van der Waals surface area contributed by atoms with Crippen molar-refractivity contribution in [3.8, 4) is 0 Å². The van der Waals surface area contributed by atoms with E-state index >= 15 is 0 Å². The zero-order valence-corrected chi connectivity index (χ0v) is 11.1. The number of likely N-dealkylation sites (N-methyl/N-ethyl adjacent to an activating group) is 1. The lowest BCUT2D eigenvalue weighted by atomic mass is 10.2. The Hall–Kier alpha value is -1.36. The minimum absolute atomic E-state index is 0.118. The molecule has 1 aliphatic rings. The summed E-state index contributed by atoms with van der Waals surface area (Å²) in [6, 6.07) is 0. The molecule has 5 nitrogen and oxygen atoms in total. The summed E-state index contributed by atoms with van der Waals surface area (Å²) in [7, 11) is 3.84. The lowest BCUT2D eigenvalue weighted by Gasteiger charge is -2.20. The fourth-order valence-electron chi connectivity index (χ4n) is 2.24. The van der Waals surface area contributed by atoms with Crippen molar-refractivity contribution in [1.82, 2.24) is 14.5 Å². The molecule has 1 fully saturated rings. The van der Waals surface area contributed by atoms with Gasteiger partial charge in [0.2, 0.25) is 0 Å². The van der Waals surface area contributed by atoms with E-state index in [4.69, 9.17) is 4.74 Å². The maximum Gasteiger partial charge on any atom is 0.251 e. The van der Waals surface area contributed by atoms with E-state index in [2.05, 4.69) is 4.98 Å². The first kappa shape index (κ1) is 13.1. The summed E-state index contributed by atoms with van der Waals surface area (Å²) >= 11 is 0. The molecule has 0 bridgehead atoms. The lowest BCUT2D eigenvalue weighted by Crippen LogP contribution is -2.36. The van der Waals surface area contributed by atoms with Crippen molar-refractivity contribution < 1.29 is 9.53 Å². The van der Waals surface area contributed by atoms with Crippen LogP contribution >= 0.6 is 0 Å². The maximum atomic E-state index is 12.0. The highest BCUT2D eigenvalue weighted by Crippen LogP contribution is 2.14. The van der Waals surface area contributed by atoms with Crippen LogP contribution in [0.1, 0.15) is 25.1 Å². The normalized spacial score (nSPS) is 19.1. The van der Waals surface area contributed by atoms with E-state index in [0.29, 0.717) is 0 Å². The predicted molar refractivity (Wildman–Crippen MR) is 68.1 cm³/mol. The van der Waals surface area contributed by atoms with Crippen LogP contribution in [0.3, 0.4) is 0 Å². The molecular weight excluding hydrogens is 230 g/mol. The molecule has 1 aromatic heterocycles. The summed E-state index contributed by atoms with van der Waals surface area (Å²) in [5, 5.41) is 0. The number of amides is 1. The summed E-state index contributed by atoms with van der Waals surface area (Å²) in [6.07, 6.45) is 7.22. The number of imidazole rings is 1. The molecule has 18 heavy (non-hydrogen) atoms. The fourth-order valence-corrected chi connectivity index (χ4v) is 2.24. The number of rotatable bonds is 5. The first-order chi connectivity index (χ1) is 8.68. The number of aromatic nitrogens is 2. The number of hydrogen-bond acceptors (Lipinski definition) is 3. The van der Waals surface area contributed by atoms with E-state index in [-0.39, 0.29) is 12.0 Å². The van der Waals surface area contributed by atoms with Gasteiger partial charge in [0.05, 0.1) is 0 Å². The Morgan fingerprint density at radius 3 is 3.11 bits per heavy atom. The quantitative estimate of drug-likeness (QED) is 0.784. The largest absolute Gasteiger partial charge is 0.368 e. The van der Waals surface area contributed by atoms with Crippen LogP contribution in [0.25, 0.3) is 0 Å². The van der Waals surface area contributed by atoms with Gasteiger partial charge in [0.1, 0.15) is 11.9 Å². The number of nitrogens with zero attached hydrogens (tertiary/aromatic N) is 3. The summed E-state index contributed by atoms with van der Waals surface area (Å²) < 4.78 is 7.42. The zero-order chi connectivity index (χ0) is 13.0. The van der Waals surface area contributed by atoms with E-state index in [9.17, 15) is 4.79 Å². The van der Waals surface area contributed by atoms with E-state index in [1.54, 1.807) is 11.1 Å². The Morgan fingerprint density at radius 1 is 1.67 bits per heavy atom. The van der Waals surface area contributed by atoms with E-state index in [1.165, 1.54) is 0 Å². The fraction of sp³-hybridized carbons (Fsp3) is 0.692. The molecule has 1 atom stereocenters. The van der Waals surface area contributed by atoms with Gasteiger partial charge in [0.15, 0.2) is 0 Å². The Kier molecular flexibility index (Phi) is 4.36. The van der Waals surface area contributed by atoms with Crippen LogP contribution in [0.5, 0.6) is 0 Å². The number of carbonyl (C=O) groups is 1. The van der Waals surface area contributed by atoms with Gasteiger partial charge >= 0.3 is 0 Å². The Labute approximate surface area is 108 Å². The van der Waals surface area contributed by atoms with Gasteiger partial charge in [-0.05, 0) is 19.3 Å². The highest BCUT2D eigenvalue weighted by molar-refractivity contribution is 5.80. The van der Waals surface area contributed by atoms with Gasteiger partial charge in [-0.15, -0.1) is 0 Å². The van der Waals surface area contributed by atoms with E-state index in [0.717, 1.165) is 44.7 Å². The van der Waals surface area contributed by atoms with Crippen molar-refractivity contribution in [3.63, 3.8) is 0 Å². The third-order valence-corrected chi connectivity index (χ3v) is 3.40. The maximum absolute atomic E-state index is 12.0. The van der Waals surface area contributed by atoms with Gasteiger partial charge in [-0.3, -0.25) is 4.79 Å². The lowest BCUT2D eigenvalue weighted by molar-refractivity contribution is -0.139. The smallest absolute Gasteiger partial charge is 0.251 e. The van der Waals surface area contributed by atoms with Gasteiger partial charge in [0.25, 0.3) is 5.91 Å². The van der Waals surface area contributed by atoms with Crippen LogP contribution < -0.4 is 0 Å². The number of hydrogen-bond donors (Lipinski definition) is 0. The molecule has 0 N–H and O–H groups in total. The Bertz CT molecular complexity index is 397. The van der Waals surface area contributed by atoms with Gasteiger partial charge in [0, 0.05) is 46.1 Å². The SMILES string of the molecule is CN(CCCc1nccn1C)C(=O)C1CCCO1. The van der Waals surface area contributed by atoms with Crippen molar-refractivity contribution >= 4 is 5.91 Å². The topological polar surface area (TPSA) is 47.4 Å². The summed E-state index contributed by atoms with van der Waals surface area (Å²) in [5.74, 6) is 1.18. The third kappa shape index (κ3) is 3.10. The van der Waals surface area contributed by atoms with Gasteiger partial charge in [-0.25, -0.2) is 4.98 Å². The molecule has 0 spiro atoms. The first-order valence-electron chi connectivity index (χ1n) is 6.51. The Morgan fingerprint density at radius 2 is 2.50 bits per heavy atom. The van der Waals surface area contributed by atoms with Gasteiger partial charge in [-0.1, -0.05) is 0 Å². The average Bonchev–Trinajstić information content (AvgIpc) is 3.00. The molecular formula is C13H21N3O2. The minimum atomic E-state index is -0.205. The molecule has 1 aromatic rings. The van der Waals surface area contributed by atoms with Crippen molar-refractivity contribution in [2.75, 3.05) is 20.2 Å². The highest BCUT2D eigenvalue weighted by Gasteiger charge is 2.26. The zero-order valence-electron chi connectivity index (χ0n) is 11.1. The standard InChI is InChI=1S/C13H21N3O2/c1-15-9-7-14-12(15)6-3-8-16(2)13(17)11-5-4-10-18-11/h7,9,11H,3-6,8,10H2,1-2H3. The van der Waals surface area contributed by atoms with Gasteiger partial charge in [-0.2, -0.15) is 0 Å². The summed E-state index contributed by atoms with van der Waals surface area (Å²) in [4.78, 5) is 18.0. The summed E-state index contributed by atoms with van der Waals surface area (Å²) in [6.45, 7) is 1.48. The molecule has 2 heterocycles. The molecule has 1 saturated heterocycles. The number of aryl methyl sites for hydroxylation is 2. The van der Waals surface area contributed by atoms with Crippen LogP contribution in [-0.4, -0.2) is 46.7 Å². The molecule has 5 heteroatoms. The van der Waals surface area contributed by atoms with E-state index in [1.807, 2.05) is 24.9 Å². The van der Waals surface area contributed by atoms with Crippen LogP contribution in [0.15, 0.2) is 12.4 Å². The summed E-state index contributed by atoms with van der Waals surface area (Å²) in [5.41, 5.74) is 0. The minimum Gasteiger partial charge on any atom is -0.368 e. The molecule has 0 aliphatic carbocycles. The highest BCUT2D eigenvalue weighted by atomic mass is 16.5.